The molecule has 0 aromatic carbocycles. The van der Waals surface area contributed by atoms with Crippen molar-refractivity contribution in [3.63, 3.8) is 0 Å². The van der Waals surface area contributed by atoms with Gasteiger partial charge in [0.2, 0.25) is 0 Å². The topological polar surface area (TPSA) is 20.2 Å². The predicted molar refractivity (Wildman–Crippen MR) is 91.7 cm³/mol. The quantitative estimate of drug-likeness (QED) is 0.376. The molecule has 0 bridgehead atoms. The van der Waals surface area contributed by atoms with E-state index in [0.717, 1.165) is 6.42 Å². The zero-order valence-electron chi connectivity index (χ0n) is 12.1. The summed E-state index contributed by atoms with van der Waals surface area (Å²) in [6, 6.07) is 0. The molecule has 0 radical (unpaired) electrons. The molecule has 0 aliphatic rings. The first kappa shape index (κ1) is 25.9. The Labute approximate surface area is 166 Å². The van der Waals surface area contributed by atoms with Gasteiger partial charge in [0, 0.05) is 6.61 Å². The Kier molecular flexibility index (Phi) is 34.0. The predicted octanol–water partition coefficient (Wildman–Crippen LogP) is 4.16. The van der Waals surface area contributed by atoms with Crippen molar-refractivity contribution in [1.82, 2.24) is 0 Å². The van der Waals surface area contributed by atoms with E-state index in [2.05, 4.69) is 6.92 Å². The van der Waals surface area contributed by atoms with E-state index in [1.165, 1.54) is 83.5 Å². The van der Waals surface area contributed by atoms with Crippen molar-refractivity contribution in [3.8, 4) is 0 Å². The number of aliphatic hydroxyl groups is 1. The van der Waals surface area contributed by atoms with Crippen LogP contribution >= 0.6 is 0 Å². The van der Waals surface area contributed by atoms with Crippen LogP contribution in [0.25, 0.3) is 0 Å². The molecule has 1 nitrogen and oxygen atoms in total. The molecule has 0 saturated carbocycles. The molecule has 3 heteroatoms. The van der Waals surface area contributed by atoms with Crippen LogP contribution in [0, 0.1) is 0 Å². The van der Waals surface area contributed by atoms with Crippen molar-refractivity contribution < 1.29 is 5.11 Å². The van der Waals surface area contributed by atoms with Crippen LogP contribution in [0.3, 0.4) is 0 Å². The van der Waals surface area contributed by atoms with Crippen molar-refractivity contribution in [3.05, 3.63) is 0 Å². The molecular formula is C16H36Na2O. The molecule has 19 heavy (non-hydrogen) atoms. The van der Waals surface area contributed by atoms with Crippen molar-refractivity contribution >= 4 is 59.1 Å². The molecule has 1 N–H and O–H groups in total. The molecule has 0 rings (SSSR count). The average Bonchev–Trinajstić information content (AvgIpc) is 2.35. The van der Waals surface area contributed by atoms with Gasteiger partial charge in [0.05, 0.1) is 0 Å². The summed E-state index contributed by atoms with van der Waals surface area (Å²) in [5.41, 5.74) is 0. The second kappa shape index (κ2) is 24.9. The van der Waals surface area contributed by atoms with Gasteiger partial charge in [-0.2, -0.15) is 0 Å². The Morgan fingerprint density at radius 3 is 1.00 bits per heavy atom. The first-order valence-electron chi connectivity index (χ1n) is 8.02. The SMILES string of the molecule is CCCCCCCCCCCCCCCCO.[NaH].[NaH]. The Bertz CT molecular complexity index is 118. The van der Waals surface area contributed by atoms with Crippen molar-refractivity contribution in [2.75, 3.05) is 6.61 Å². The molecule has 0 aromatic rings. The van der Waals surface area contributed by atoms with Gasteiger partial charge in [-0.25, -0.2) is 0 Å². The van der Waals surface area contributed by atoms with Crippen LogP contribution in [-0.4, -0.2) is 70.8 Å². The van der Waals surface area contributed by atoms with Gasteiger partial charge in [-0.15, -0.1) is 0 Å². The minimum atomic E-state index is 0. The summed E-state index contributed by atoms with van der Waals surface area (Å²) in [6.45, 7) is 2.65. The van der Waals surface area contributed by atoms with E-state index in [4.69, 9.17) is 5.11 Å². The summed E-state index contributed by atoms with van der Waals surface area (Å²) in [4.78, 5) is 0. The summed E-state index contributed by atoms with van der Waals surface area (Å²) in [7, 11) is 0. The Morgan fingerprint density at radius 2 is 0.737 bits per heavy atom. The van der Waals surface area contributed by atoms with E-state index in [9.17, 15) is 0 Å². The third-order valence-corrected chi connectivity index (χ3v) is 3.51. The second-order valence-corrected chi connectivity index (χ2v) is 5.32. The normalized spacial score (nSPS) is 9.79. The van der Waals surface area contributed by atoms with Gasteiger partial charge in [0.25, 0.3) is 0 Å². The first-order chi connectivity index (χ1) is 8.41. The van der Waals surface area contributed by atoms with Gasteiger partial charge in [-0.3, -0.25) is 0 Å². The standard InChI is InChI=1S/C16H34O.2Na.2H/c1-2-3-4-5-6-7-8-9-10-11-12-13-14-15-16-17;;;;/h17H,2-16H2,1H3;;;;. The van der Waals surface area contributed by atoms with E-state index in [1.807, 2.05) is 0 Å². The zero-order valence-corrected chi connectivity index (χ0v) is 12.1. The van der Waals surface area contributed by atoms with Crippen LogP contribution in [0.5, 0.6) is 0 Å². The number of unbranched alkanes of at least 4 members (excludes halogenated alkanes) is 13. The molecule has 0 saturated heterocycles. The molecule has 0 unspecified atom stereocenters. The van der Waals surface area contributed by atoms with E-state index >= 15 is 0 Å². The van der Waals surface area contributed by atoms with Gasteiger partial charge < -0.3 is 5.11 Å². The number of rotatable bonds is 14. The Balaban J connectivity index is -0.00000128. The third kappa shape index (κ3) is 25.3. The Morgan fingerprint density at radius 1 is 0.474 bits per heavy atom. The fourth-order valence-electron chi connectivity index (χ4n) is 2.31. The summed E-state index contributed by atoms with van der Waals surface area (Å²) in [6.07, 6.45) is 19.2. The zero-order chi connectivity index (χ0) is 12.6. The van der Waals surface area contributed by atoms with Crippen LogP contribution < -0.4 is 0 Å². The number of hydrogen-bond acceptors (Lipinski definition) is 1. The summed E-state index contributed by atoms with van der Waals surface area (Å²) < 4.78 is 0. The van der Waals surface area contributed by atoms with Crippen LogP contribution in [0.2, 0.25) is 0 Å². The minimum absolute atomic E-state index is 0. The van der Waals surface area contributed by atoms with E-state index in [0.29, 0.717) is 6.61 Å². The molecule has 0 aliphatic carbocycles. The molecule has 0 spiro atoms. The molecule has 0 aromatic heterocycles. The van der Waals surface area contributed by atoms with Crippen LogP contribution in [0.1, 0.15) is 96.8 Å². The van der Waals surface area contributed by atoms with Crippen LogP contribution in [-0.2, 0) is 0 Å². The van der Waals surface area contributed by atoms with Crippen molar-refractivity contribution in [2.45, 2.75) is 96.8 Å². The summed E-state index contributed by atoms with van der Waals surface area (Å²) in [5.74, 6) is 0. The molecule has 0 fully saturated rings. The summed E-state index contributed by atoms with van der Waals surface area (Å²) in [5, 5.41) is 8.64. The van der Waals surface area contributed by atoms with Crippen molar-refractivity contribution in [2.24, 2.45) is 0 Å². The maximum atomic E-state index is 8.64. The average molecular weight is 290 g/mol. The van der Waals surface area contributed by atoms with E-state index in [1.54, 1.807) is 0 Å². The third-order valence-electron chi connectivity index (χ3n) is 3.51. The van der Waals surface area contributed by atoms with Gasteiger partial charge >= 0.3 is 59.1 Å². The molecule has 0 amide bonds. The van der Waals surface area contributed by atoms with E-state index < -0.39 is 0 Å². The van der Waals surface area contributed by atoms with Crippen molar-refractivity contribution in [1.29, 1.82) is 0 Å². The Hall–Kier alpha value is 1.96. The molecule has 0 aliphatic heterocycles. The molecule has 0 heterocycles. The maximum absolute atomic E-state index is 8.64. The fourth-order valence-corrected chi connectivity index (χ4v) is 2.31. The molecule has 108 valence electrons. The monoisotopic (exact) mass is 290 g/mol. The number of hydrogen-bond donors (Lipinski definition) is 1. The second-order valence-electron chi connectivity index (χ2n) is 5.32. The number of aliphatic hydroxyl groups excluding tert-OH is 1. The van der Waals surface area contributed by atoms with Gasteiger partial charge in [0.1, 0.15) is 0 Å². The molecule has 0 atom stereocenters. The first-order valence-corrected chi connectivity index (χ1v) is 8.02. The van der Waals surface area contributed by atoms with Gasteiger partial charge in [-0.05, 0) is 6.42 Å². The van der Waals surface area contributed by atoms with Crippen LogP contribution in [0.15, 0.2) is 0 Å². The van der Waals surface area contributed by atoms with Gasteiger partial charge in [-0.1, -0.05) is 90.4 Å². The fraction of sp³-hybridized carbons (Fsp3) is 1.00. The van der Waals surface area contributed by atoms with E-state index in [-0.39, 0.29) is 59.1 Å². The summed E-state index contributed by atoms with van der Waals surface area (Å²) >= 11 is 0. The molecular weight excluding hydrogens is 254 g/mol. The van der Waals surface area contributed by atoms with Gasteiger partial charge in [0.15, 0.2) is 0 Å². The van der Waals surface area contributed by atoms with Crippen LogP contribution in [0.4, 0.5) is 0 Å².